The lowest BCUT2D eigenvalue weighted by Gasteiger charge is -1.89. The molecule has 1 heterocycles. The van der Waals surface area contributed by atoms with E-state index in [1.807, 2.05) is 12.5 Å². The number of rotatable bonds is 3. The minimum Gasteiger partial charge on any atom is -0.554 e. The molecule has 0 bridgehead atoms. The first-order valence-corrected chi connectivity index (χ1v) is 3.92. The Morgan fingerprint density at radius 1 is 1.67 bits per heavy atom. The van der Waals surface area contributed by atoms with Gasteiger partial charge in [0.2, 0.25) is 6.33 Å². The molecule has 0 aliphatic heterocycles. The van der Waals surface area contributed by atoms with E-state index in [0.29, 0.717) is 0 Å². The second-order valence-electron chi connectivity index (χ2n) is 2.30. The molecule has 4 nitrogen and oxygen atoms in total. The van der Waals surface area contributed by atoms with Gasteiger partial charge in [-0.2, -0.15) is 0 Å². The second kappa shape index (κ2) is 7.78. The number of H-pyrrole nitrogens is 1. The van der Waals surface area contributed by atoms with E-state index in [0.717, 1.165) is 6.54 Å². The van der Waals surface area contributed by atoms with Gasteiger partial charge in [-0.15, -0.1) is 0 Å². The van der Waals surface area contributed by atoms with Gasteiger partial charge in [-0.25, -0.2) is 4.57 Å². The van der Waals surface area contributed by atoms with Gasteiger partial charge in [-0.1, -0.05) is 13.3 Å². The van der Waals surface area contributed by atoms with E-state index in [1.165, 1.54) is 12.8 Å². The van der Waals surface area contributed by atoms with Gasteiger partial charge in [-0.05, 0) is 6.42 Å². The van der Waals surface area contributed by atoms with Crippen LogP contribution in [0.15, 0.2) is 18.7 Å². The number of carbonyl (C=O) groups excluding carboxylic acids is 1. The van der Waals surface area contributed by atoms with Crippen molar-refractivity contribution in [1.29, 1.82) is 0 Å². The van der Waals surface area contributed by atoms with Crippen LogP contribution >= 0.6 is 0 Å². The number of hydrogen-bond acceptors (Lipinski definition) is 2. The molecule has 0 amide bonds. The van der Waals surface area contributed by atoms with Gasteiger partial charge >= 0.3 is 0 Å². The second-order valence-corrected chi connectivity index (χ2v) is 2.30. The zero-order chi connectivity index (χ0) is 9.23. The van der Waals surface area contributed by atoms with Crippen LogP contribution in [-0.4, -0.2) is 11.5 Å². The molecule has 0 unspecified atom stereocenters. The summed E-state index contributed by atoms with van der Waals surface area (Å²) in [6.07, 6.45) is 8.50. The van der Waals surface area contributed by atoms with E-state index >= 15 is 0 Å². The van der Waals surface area contributed by atoms with E-state index in [9.17, 15) is 0 Å². The summed E-state index contributed by atoms with van der Waals surface area (Å²) in [5.41, 5.74) is 0. The zero-order valence-electron chi connectivity index (χ0n) is 7.19. The Morgan fingerprint density at radius 3 is 2.75 bits per heavy atom. The molecular formula is C8H14N2O2. The van der Waals surface area contributed by atoms with Gasteiger partial charge in [-0.3, -0.25) is 4.98 Å². The fraction of sp³-hybridized carbons (Fsp3) is 0.500. The van der Waals surface area contributed by atoms with Crippen molar-refractivity contribution in [2.75, 3.05) is 0 Å². The number of aryl methyl sites for hydroxylation is 1. The molecule has 0 saturated carbocycles. The number of imidazole rings is 1. The highest BCUT2D eigenvalue weighted by Gasteiger charge is 1.92. The topological polar surface area (TPSA) is 59.8 Å². The Morgan fingerprint density at radius 2 is 2.33 bits per heavy atom. The first-order chi connectivity index (χ1) is 5.85. The van der Waals surface area contributed by atoms with Gasteiger partial charge in [0, 0.05) is 6.47 Å². The average molecular weight is 170 g/mol. The fourth-order valence-corrected chi connectivity index (χ4v) is 0.800. The third-order valence-corrected chi connectivity index (χ3v) is 1.37. The molecule has 12 heavy (non-hydrogen) atoms. The maximum atomic E-state index is 8.25. The smallest absolute Gasteiger partial charge is 0.241 e. The Kier molecular flexibility index (Phi) is 6.93. The molecule has 68 valence electrons. The van der Waals surface area contributed by atoms with Crippen molar-refractivity contribution in [1.82, 2.24) is 4.98 Å². The van der Waals surface area contributed by atoms with Crippen LogP contribution in [0.2, 0.25) is 0 Å². The monoisotopic (exact) mass is 170 g/mol. The van der Waals surface area contributed by atoms with Crippen LogP contribution in [0.25, 0.3) is 0 Å². The molecule has 0 aliphatic carbocycles. The molecule has 0 atom stereocenters. The maximum absolute atomic E-state index is 8.25. The number of aromatic nitrogens is 2. The van der Waals surface area contributed by atoms with Crippen molar-refractivity contribution < 1.29 is 14.5 Å². The summed E-state index contributed by atoms with van der Waals surface area (Å²) >= 11 is 0. The summed E-state index contributed by atoms with van der Waals surface area (Å²) in [6.45, 7) is 2.84. The number of aromatic amines is 1. The van der Waals surface area contributed by atoms with Gasteiger partial charge < -0.3 is 9.90 Å². The Labute approximate surface area is 71.9 Å². The predicted octanol–water partition coefficient (Wildman–Crippen LogP) is -0.532. The van der Waals surface area contributed by atoms with E-state index in [1.54, 1.807) is 0 Å². The molecule has 1 aromatic rings. The fourth-order valence-electron chi connectivity index (χ4n) is 0.800. The Hall–Kier alpha value is -1.32. The number of hydrogen-bond donors (Lipinski definition) is 1. The van der Waals surface area contributed by atoms with Gasteiger partial charge in [0.25, 0.3) is 0 Å². The number of nitrogens with zero attached hydrogens (tertiary/aromatic N) is 1. The van der Waals surface area contributed by atoms with E-state index in [4.69, 9.17) is 9.90 Å². The third-order valence-electron chi connectivity index (χ3n) is 1.37. The van der Waals surface area contributed by atoms with Crippen molar-refractivity contribution in [2.24, 2.45) is 0 Å². The maximum Gasteiger partial charge on any atom is 0.241 e. The van der Waals surface area contributed by atoms with Crippen LogP contribution in [0, 0.1) is 0 Å². The number of carbonyl (C=O) groups is 1. The molecule has 4 heteroatoms. The molecule has 0 fully saturated rings. The third kappa shape index (κ3) is 5.46. The quantitative estimate of drug-likeness (QED) is 0.489. The molecule has 1 N–H and O–H groups in total. The summed E-state index contributed by atoms with van der Waals surface area (Å²) in [7, 11) is 0. The lowest BCUT2D eigenvalue weighted by atomic mass is 10.3. The highest BCUT2D eigenvalue weighted by Crippen LogP contribution is 1.84. The molecule has 1 aromatic heterocycles. The summed E-state index contributed by atoms with van der Waals surface area (Å²) in [4.78, 5) is 11.3. The normalized spacial score (nSPS) is 8.42. The summed E-state index contributed by atoms with van der Waals surface area (Å²) in [5.74, 6) is 0. The minimum absolute atomic E-state index is 0.500. The van der Waals surface area contributed by atoms with Crippen molar-refractivity contribution in [2.45, 2.75) is 26.3 Å². The van der Waals surface area contributed by atoms with Crippen LogP contribution in [0.4, 0.5) is 0 Å². The van der Waals surface area contributed by atoms with Crippen LogP contribution in [0.3, 0.4) is 0 Å². The molecule has 0 saturated heterocycles. The highest BCUT2D eigenvalue weighted by molar-refractivity contribution is 5.29. The molecule has 0 aromatic carbocycles. The van der Waals surface area contributed by atoms with Crippen LogP contribution in [-0.2, 0) is 11.3 Å². The standard InChI is InChI=1S/C7H12N2.CH2O2/c1-2-3-5-9-6-4-8-7-9;2-1-3/h4,6-7H,2-3,5H2,1H3;1H,(H,2,3). The number of unbranched alkanes of at least 4 members (excludes halogenated alkanes) is 1. The highest BCUT2D eigenvalue weighted by atomic mass is 16.3. The van der Waals surface area contributed by atoms with E-state index < -0.39 is 6.47 Å². The number of carboxylic acid groups (broad SMARTS) is 1. The van der Waals surface area contributed by atoms with Crippen molar-refractivity contribution in [3.05, 3.63) is 18.7 Å². The molecular weight excluding hydrogens is 156 g/mol. The minimum atomic E-state index is -0.500. The van der Waals surface area contributed by atoms with Crippen LogP contribution in [0.1, 0.15) is 19.8 Å². The summed E-state index contributed by atoms with van der Waals surface area (Å²) in [6, 6.07) is 0. The van der Waals surface area contributed by atoms with E-state index in [-0.39, 0.29) is 0 Å². The van der Waals surface area contributed by atoms with Gasteiger partial charge in [0.1, 0.15) is 12.4 Å². The molecule has 0 radical (unpaired) electrons. The largest absolute Gasteiger partial charge is 0.554 e. The average Bonchev–Trinajstić information content (AvgIpc) is 2.54. The molecule has 0 spiro atoms. The van der Waals surface area contributed by atoms with Gasteiger partial charge in [0.05, 0.1) is 6.54 Å². The van der Waals surface area contributed by atoms with Crippen LogP contribution < -0.4 is 9.67 Å². The zero-order valence-corrected chi connectivity index (χ0v) is 7.19. The molecule has 0 aliphatic rings. The molecule has 1 rings (SSSR count). The Balaban J connectivity index is 0.000000354. The van der Waals surface area contributed by atoms with E-state index in [2.05, 4.69) is 22.7 Å². The first-order valence-electron chi connectivity index (χ1n) is 3.92. The SMILES string of the molecule is CCCC[n+]1cc[nH]c1.O=C[O-]. The van der Waals surface area contributed by atoms with Crippen LogP contribution in [0.5, 0.6) is 0 Å². The summed E-state index contributed by atoms with van der Waals surface area (Å²) < 4.78 is 2.16. The van der Waals surface area contributed by atoms with Crippen molar-refractivity contribution in [3.8, 4) is 0 Å². The lowest BCUT2D eigenvalue weighted by Crippen LogP contribution is -2.29. The predicted molar refractivity (Wildman–Crippen MR) is 42.0 cm³/mol. The Bertz CT molecular complexity index is 185. The van der Waals surface area contributed by atoms with Crippen molar-refractivity contribution in [3.63, 3.8) is 0 Å². The van der Waals surface area contributed by atoms with Gasteiger partial charge in [0.15, 0.2) is 0 Å². The first kappa shape index (κ1) is 10.7. The number of nitrogens with one attached hydrogen (secondary N) is 1. The lowest BCUT2D eigenvalue weighted by molar-refractivity contribution is -0.696. The van der Waals surface area contributed by atoms with Crippen molar-refractivity contribution >= 4 is 6.47 Å². The summed E-state index contributed by atoms with van der Waals surface area (Å²) in [5, 5.41) is 8.25.